The number of nitrogens with zero attached hydrogens (tertiary/aromatic N) is 3. The van der Waals surface area contributed by atoms with E-state index in [-0.39, 0.29) is 11.9 Å². The van der Waals surface area contributed by atoms with Crippen molar-refractivity contribution in [1.29, 1.82) is 0 Å². The molecule has 0 aliphatic heterocycles. The van der Waals surface area contributed by atoms with E-state index in [2.05, 4.69) is 43.0 Å². The second-order valence-electron chi connectivity index (χ2n) is 5.36. The SMILES string of the molecule is CCC(CC)N(CC(C)C)C(=O)c1cncc(NC)n1. The van der Waals surface area contributed by atoms with Crippen molar-refractivity contribution in [2.24, 2.45) is 5.92 Å². The molecule has 0 aromatic carbocycles. The zero-order valence-corrected chi connectivity index (χ0v) is 13.2. The van der Waals surface area contributed by atoms with Gasteiger partial charge in [-0.05, 0) is 18.8 Å². The number of aromatic nitrogens is 2. The van der Waals surface area contributed by atoms with Crippen LogP contribution < -0.4 is 5.32 Å². The molecule has 1 N–H and O–H groups in total. The summed E-state index contributed by atoms with van der Waals surface area (Å²) in [6.45, 7) is 9.22. The van der Waals surface area contributed by atoms with Gasteiger partial charge in [0.25, 0.3) is 5.91 Å². The van der Waals surface area contributed by atoms with Crippen molar-refractivity contribution in [2.75, 3.05) is 18.9 Å². The number of nitrogens with one attached hydrogen (secondary N) is 1. The van der Waals surface area contributed by atoms with Gasteiger partial charge in [-0.2, -0.15) is 0 Å². The zero-order chi connectivity index (χ0) is 15.1. The summed E-state index contributed by atoms with van der Waals surface area (Å²) in [5, 5.41) is 2.91. The van der Waals surface area contributed by atoms with Crippen LogP contribution in [0.2, 0.25) is 0 Å². The van der Waals surface area contributed by atoms with Gasteiger partial charge in [-0.25, -0.2) is 4.98 Å². The number of hydrogen-bond donors (Lipinski definition) is 1. The van der Waals surface area contributed by atoms with E-state index >= 15 is 0 Å². The summed E-state index contributed by atoms with van der Waals surface area (Å²) >= 11 is 0. The number of hydrogen-bond acceptors (Lipinski definition) is 4. The molecule has 20 heavy (non-hydrogen) atoms. The van der Waals surface area contributed by atoms with Gasteiger partial charge >= 0.3 is 0 Å². The van der Waals surface area contributed by atoms with Crippen LogP contribution in [-0.2, 0) is 0 Å². The summed E-state index contributed by atoms with van der Waals surface area (Å²) in [6, 6.07) is 0.255. The van der Waals surface area contributed by atoms with Crippen LogP contribution in [0.1, 0.15) is 51.0 Å². The molecule has 0 atom stereocenters. The highest BCUT2D eigenvalue weighted by Crippen LogP contribution is 2.15. The van der Waals surface area contributed by atoms with E-state index in [1.807, 2.05) is 4.90 Å². The smallest absolute Gasteiger partial charge is 0.274 e. The Balaban J connectivity index is 3.02. The lowest BCUT2D eigenvalue weighted by atomic mass is 10.1. The predicted molar refractivity (Wildman–Crippen MR) is 81.8 cm³/mol. The fourth-order valence-corrected chi connectivity index (χ4v) is 2.26. The molecule has 1 aromatic rings. The van der Waals surface area contributed by atoms with Gasteiger partial charge < -0.3 is 10.2 Å². The van der Waals surface area contributed by atoms with Crippen LogP contribution in [0.15, 0.2) is 12.4 Å². The lowest BCUT2D eigenvalue weighted by Crippen LogP contribution is -2.42. The normalized spacial score (nSPS) is 10.9. The molecule has 1 amide bonds. The molecule has 0 saturated heterocycles. The average molecular weight is 278 g/mol. The molecule has 1 aromatic heterocycles. The van der Waals surface area contributed by atoms with Crippen molar-refractivity contribution in [3.8, 4) is 0 Å². The van der Waals surface area contributed by atoms with Crippen molar-refractivity contribution >= 4 is 11.7 Å². The average Bonchev–Trinajstić information content (AvgIpc) is 2.46. The Hall–Kier alpha value is -1.65. The lowest BCUT2D eigenvalue weighted by Gasteiger charge is -2.31. The Morgan fingerprint density at radius 3 is 2.45 bits per heavy atom. The molecule has 0 saturated carbocycles. The van der Waals surface area contributed by atoms with Crippen LogP contribution in [-0.4, -0.2) is 40.4 Å². The highest BCUT2D eigenvalue weighted by Gasteiger charge is 2.24. The summed E-state index contributed by atoms with van der Waals surface area (Å²) in [4.78, 5) is 23.0. The standard InChI is InChI=1S/C15H26N4O/c1-6-12(7-2)19(10-11(3)4)15(20)13-8-17-9-14(16-5)18-13/h8-9,11-12H,6-7,10H2,1-5H3,(H,16,18). The molecule has 112 valence electrons. The van der Waals surface area contributed by atoms with E-state index < -0.39 is 0 Å². The van der Waals surface area contributed by atoms with Gasteiger partial charge in [-0.15, -0.1) is 0 Å². The second kappa shape index (κ2) is 7.82. The Morgan fingerprint density at radius 1 is 1.30 bits per heavy atom. The quantitative estimate of drug-likeness (QED) is 0.833. The molecule has 0 aliphatic rings. The number of rotatable bonds is 7. The Morgan fingerprint density at radius 2 is 1.95 bits per heavy atom. The summed E-state index contributed by atoms with van der Waals surface area (Å²) in [5.41, 5.74) is 0.407. The first-order valence-corrected chi connectivity index (χ1v) is 7.34. The first kappa shape index (κ1) is 16.4. The van der Waals surface area contributed by atoms with Crippen molar-refractivity contribution in [2.45, 2.75) is 46.6 Å². The van der Waals surface area contributed by atoms with Crippen LogP contribution in [0.4, 0.5) is 5.82 Å². The van der Waals surface area contributed by atoms with Crippen LogP contribution in [0.3, 0.4) is 0 Å². The maximum atomic E-state index is 12.7. The van der Waals surface area contributed by atoms with E-state index in [0.29, 0.717) is 17.4 Å². The maximum Gasteiger partial charge on any atom is 0.274 e. The minimum absolute atomic E-state index is 0.0306. The molecule has 0 fully saturated rings. The van der Waals surface area contributed by atoms with E-state index in [1.54, 1.807) is 19.4 Å². The molecule has 0 radical (unpaired) electrons. The molecular formula is C15H26N4O. The van der Waals surface area contributed by atoms with Gasteiger partial charge in [0.2, 0.25) is 0 Å². The minimum atomic E-state index is -0.0306. The van der Waals surface area contributed by atoms with E-state index in [4.69, 9.17) is 0 Å². The molecule has 0 aliphatic carbocycles. The molecule has 1 rings (SSSR count). The van der Waals surface area contributed by atoms with Crippen LogP contribution >= 0.6 is 0 Å². The largest absolute Gasteiger partial charge is 0.372 e. The Bertz CT molecular complexity index is 430. The van der Waals surface area contributed by atoms with E-state index in [0.717, 1.165) is 19.4 Å². The number of amides is 1. The predicted octanol–water partition coefficient (Wildman–Crippen LogP) is 2.81. The lowest BCUT2D eigenvalue weighted by molar-refractivity contribution is 0.0634. The molecule has 1 heterocycles. The van der Waals surface area contributed by atoms with Gasteiger partial charge in [-0.1, -0.05) is 27.7 Å². The summed E-state index contributed by atoms with van der Waals surface area (Å²) in [7, 11) is 1.77. The Labute approximate surface area is 121 Å². The van der Waals surface area contributed by atoms with Gasteiger partial charge in [0.05, 0.1) is 12.4 Å². The highest BCUT2D eigenvalue weighted by molar-refractivity contribution is 5.92. The second-order valence-corrected chi connectivity index (χ2v) is 5.36. The number of anilines is 1. The van der Waals surface area contributed by atoms with Crippen molar-refractivity contribution in [3.63, 3.8) is 0 Å². The fraction of sp³-hybridized carbons (Fsp3) is 0.667. The van der Waals surface area contributed by atoms with Crippen LogP contribution in [0.25, 0.3) is 0 Å². The fourth-order valence-electron chi connectivity index (χ4n) is 2.26. The molecule has 0 bridgehead atoms. The minimum Gasteiger partial charge on any atom is -0.372 e. The molecule has 5 nitrogen and oxygen atoms in total. The maximum absolute atomic E-state index is 12.7. The molecular weight excluding hydrogens is 252 g/mol. The summed E-state index contributed by atoms with van der Waals surface area (Å²) < 4.78 is 0. The van der Waals surface area contributed by atoms with Crippen molar-refractivity contribution in [1.82, 2.24) is 14.9 Å². The van der Waals surface area contributed by atoms with Gasteiger partial charge in [0.1, 0.15) is 11.5 Å². The summed E-state index contributed by atoms with van der Waals surface area (Å²) in [5.74, 6) is 1.02. The van der Waals surface area contributed by atoms with Crippen molar-refractivity contribution in [3.05, 3.63) is 18.1 Å². The third kappa shape index (κ3) is 4.18. The van der Waals surface area contributed by atoms with E-state index in [9.17, 15) is 4.79 Å². The van der Waals surface area contributed by atoms with Crippen molar-refractivity contribution < 1.29 is 4.79 Å². The van der Waals surface area contributed by atoms with Gasteiger partial charge in [-0.3, -0.25) is 9.78 Å². The topological polar surface area (TPSA) is 58.1 Å². The molecule has 5 heteroatoms. The summed E-state index contributed by atoms with van der Waals surface area (Å²) in [6.07, 6.45) is 5.06. The highest BCUT2D eigenvalue weighted by atomic mass is 16.2. The monoisotopic (exact) mass is 278 g/mol. The van der Waals surface area contributed by atoms with Gasteiger partial charge in [0.15, 0.2) is 0 Å². The Kier molecular flexibility index (Phi) is 6.42. The number of carbonyl (C=O) groups is 1. The van der Waals surface area contributed by atoms with Crippen LogP contribution in [0, 0.1) is 5.92 Å². The number of carbonyl (C=O) groups excluding carboxylic acids is 1. The van der Waals surface area contributed by atoms with Crippen LogP contribution in [0.5, 0.6) is 0 Å². The van der Waals surface area contributed by atoms with E-state index in [1.165, 1.54) is 0 Å². The van der Waals surface area contributed by atoms with Gasteiger partial charge in [0, 0.05) is 19.6 Å². The first-order chi connectivity index (χ1) is 9.53. The molecule has 0 unspecified atom stereocenters. The zero-order valence-electron chi connectivity index (χ0n) is 13.2. The third-order valence-electron chi connectivity index (χ3n) is 3.32. The third-order valence-corrected chi connectivity index (χ3v) is 3.32. The molecule has 0 spiro atoms. The first-order valence-electron chi connectivity index (χ1n) is 7.34.